The van der Waals surface area contributed by atoms with Crippen molar-refractivity contribution >= 4 is 0 Å². The zero-order valence-corrected chi connectivity index (χ0v) is 12.6. The van der Waals surface area contributed by atoms with Crippen molar-refractivity contribution in [3.8, 4) is 23.0 Å². The van der Waals surface area contributed by atoms with Gasteiger partial charge in [0.2, 0.25) is 5.82 Å². The molecule has 0 spiro atoms. The average Bonchev–Trinajstić information content (AvgIpc) is 3.30. The molecule has 1 atom stereocenters. The van der Waals surface area contributed by atoms with Crippen molar-refractivity contribution in [3.05, 3.63) is 41.3 Å². The number of nitrogens with one attached hydrogen (secondary N) is 2. The molecule has 0 saturated carbocycles. The highest BCUT2D eigenvalue weighted by Crippen LogP contribution is 2.26. The third kappa shape index (κ3) is 2.63. The minimum atomic E-state index is -0.287. The van der Waals surface area contributed by atoms with Gasteiger partial charge >= 0.3 is 0 Å². The summed E-state index contributed by atoms with van der Waals surface area (Å²) in [6.07, 6.45) is 1.08. The van der Waals surface area contributed by atoms with E-state index in [0.717, 1.165) is 25.2 Å². The molecule has 1 saturated heterocycles. The van der Waals surface area contributed by atoms with Gasteiger partial charge in [-0.3, -0.25) is 5.10 Å². The number of aromatic nitrogens is 4. The second kappa shape index (κ2) is 5.58. The average molecular weight is 313 g/mol. The fourth-order valence-corrected chi connectivity index (χ4v) is 2.75. The lowest BCUT2D eigenvalue weighted by atomic mass is 10.1. The van der Waals surface area contributed by atoms with Gasteiger partial charge in [-0.1, -0.05) is 17.3 Å². The monoisotopic (exact) mass is 313 g/mol. The molecule has 0 radical (unpaired) electrons. The van der Waals surface area contributed by atoms with Gasteiger partial charge in [-0.05, 0) is 37.6 Å². The van der Waals surface area contributed by atoms with E-state index in [-0.39, 0.29) is 5.82 Å². The van der Waals surface area contributed by atoms with E-state index in [2.05, 4.69) is 25.7 Å². The summed E-state index contributed by atoms with van der Waals surface area (Å²) in [5.74, 6) is 0.829. The van der Waals surface area contributed by atoms with Crippen LogP contribution < -0.4 is 5.32 Å². The van der Waals surface area contributed by atoms with E-state index in [1.807, 2.05) is 6.07 Å². The first-order valence-electron chi connectivity index (χ1n) is 7.57. The van der Waals surface area contributed by atoms with Crippen LogP contribution in [0.1, 0.15) is 23.6 Å². The Hall–Kier alpha value is -2.54. The van der Waals surface area contributed by atoms with Gasteiger partial charge in [0.05, 0.1) is 0 Å². The molecule has 7 heteroatoms. The van der Waals surface area contributed by atoms with Crippen molar-refractivity contribution in [2.75, 3.05) is 13.1 Å². The maximum atomic E-state index is 13.7. The summed E-state index contributed by atoms with van der Waals surface area (Å²) in [5, 5.41) is 14.5. The van der Waals surface area contributed by atoms with Crippen molar-refractivity contribution < 1.29 is 8.91 Å². The second-order valence-electron chi connectivity index (χ2n) is 5.79. The van der Waals surface area contributed by atoms with Gasteiger partial charge in [0.1, 0.15) is 5.82 Å². The van der Waals surface area contributed by atoms with E-state index in [0.29, 0.717) is 34.5 Å². The van der Waals surface area contributed by atoms with Gasteiger partial charge in [0.15, 0.2) is 5.69 Å². The maximum absolute atomic E-state index is 13.7. The molecule has 1 unspecified atom stereocenters. The van der Waals surface area contributed by atoms with Crippen LogP contribution in [0.15, 0.2) is 28.8 Å². The molecule has 3 aromatic rings. The lowest BCUT2D eigenvalue weighted by Gasteiger charge is -2.02. The van der Waals surface area contributed by atoms with Gasteiger partial charge in [-0.2, -0.15) is 10.1 Å². The maximum Gasteiger partial charge on any atom is 0.278 e. The van der Waals surface area contributed by atoms with Crippen LogP contribution in [0.25, 0.3) is 23.0 Å². The molecule has 23 heavy (non-hydrogen) atoms. The topological polar surface area (TPSA) is 79.6 Å². The molecule has 4 rings (SSSR count). The lowest BCUT2D eigenvalue weighted by Crippen LogP contribution is -2.08. The van der Waals surface area contributed by atoms with Crippen LogP contribution in [-0.2, 0) is 0 Å². The number of H-pyrrole nitrogens is 1. The van der Waals surface area contributed by atoms with E-state index in [1.165, 1.54) is 6.07 Å². The zero-order chi connectivity index (χ0) is 15.8. The molecule has 6 nitrogen and oxygen atoms in total. The van der Waals surface area contributed by atoms with Crippen LogP contribution in [-0.4, -0.2) is 33.4 Å². The molecular weight excluding hydrogens is 297 g/mol. The minimum Gasteiger partial charge on any atom is -0.332 e. The van der Waals surface area contributed by atoms with Gasteiger partial charge in [-0.25, -0.2) is 4.39 Å². The van der Waals surface area contributed by atoms with Crippen LogP contribution in [0.3, 0.4) is 0 Å². The number of aromatic amines is 1. The van der Waals surface area contributed by atoms with E-state index in [9.17, 15) is 4.39 Å². The fourth-order valence-electron chi connectivity index (χ4n) is 2.75. The molecule has 118 valence electrons. The first-order valence-corrected chi connectivity index (χ1v) is 7.57. The molecule has 2 N–H and O–H groups in total. The van der Waals surface area contributed by atoms with Crippen LogP contribution in [0.2, 0.25) is 0 Å². The minimum absolute atomic E-state index is 0.287. The predicted octanol–water partition coefficient (Wildman–Crippen LogP) is 2.65. The number of rotatable bonds is 3. The number of hydrogen-bond acceptors (Lipinski definition) is 5. The Morgan fingerprint density at radius 2 is 2.22 bits per heavy atom. The smallest absolute Gasteiger partial charge is 0.278 e. The van der Waals surface area contributed by atoms with Gasteiger partial charge in [0.25, 0.3) is 5.89 Å². The highest BCUT2D eigenvalue weighted by atomic mass is 19.1. The number of halogens is 1. The third-order valence-corrected chi connectivity index (χ3v) is 4.17. The lowest BCUT2D eigenvalue weighted by molar-refractivity contribution is 0.431. The summed E-state index contributed by atoms with van der Waals surface area (Å²) in [5.41, 5.74) is 2.84. The predicted molar refractivity (Wildman–Crippen MR) is 82.2 cm³/mol. The summed E-state index contributed by atoms with van der Waals surface area (Å²) >= 11 is 0. The molecule has 0 aliphatic carbocycles. The second-order valence-corrected chi connectivity index (χ2v) is 5.79. The molecule has 0 amide bonds. The van der Waals surface area contributed by atoms with Gasteiger partial charge in [-0.15, -0.1) is 0 Å². The largest absolute Gasteiger partial charge is 0.332 e. The van der Waals surface area contributed by atoms with Crippen molar-refractivity contribution in [1.82, 2.24) is 25.7 Å². The first kappa shape index (κ1) is 14.1. The van der Waals surface area contributed by atoms with E-state index in [1.54, 1.807) is 19.1 Å². The fraction of sp³-hybridized carbons (Fsp3) is 0.312. The van der Waals surface area contributed by atoms with Crippen molar-refractivity contribution in [1.29, 1.82) is 0 Å². The quantitative estimate of drug-likeness (QED) is 0.777. The van der Waals surface area contributed by atoms with E-state index in [4.69, 9.17) is 4.52 Å². The molecule has 2 aromatic heterocycles. The normalized spacial score (nSPS) is 17.7. The van der Waals surface area contributed by atoms with E-state index >= 15 is 0 Å². The Balaban J connectivity index is 1.61. The highest BCUT2D eigenvalue weighted by molar-refractivity contribution is 5.58. The zero-order valence-electron chi connectivity index (χ0n) is 12.6. The molecule has 3 heterocycles. The first-order chi connectivity index (χ1) is 11.2. The SMILES string of the molecule is Cc1ccc(-c2noc(-c3cc(C4CCNC4)[nH]n3)n2)cc1F. The summed E-state index contributed by atoms with van der Waals surface area (Å²) in [7, 11) is 0. The Bertz CT molecular complexity index is 835. The Kier molecular flexibility index (Phi) is 3.42. The molecule has 1 aliphatic heterocycles. The molecule has 1 fully saturated rings. The van der Waals surface area contributed by atoms with Crippen LogP contribution in [0, 0.1) is 12.7 Å². The molecule has 1 aliphatic rings. The number of aryl methyl sites for hydroxylation is 1. The van der Waals surface area contributed by atoms with E-state index < -0.39 is 0 Å². The molecule has 0 bridgehead atoms. The Labute approximate surface area is 132 Å². The van der Waals surface area contributed by atoms with Crippen LogP contribution in [0.5, 0.6) is 0 Å². The van der Waals surface area contributed by atoms with Crippen molar-refractivity contribution in [3.63, 3.8) is 0 Å². The van der Waals surface area contributed by atoms with Gasteiger partial charge < -0.3 is 9.84 Å². The third-order valence-electron chi connectivity index (χ3n) is 4.17. The van der Waals surface area contributed by atoms with Crippen LogP contribution in [0.4, 0.5) is 4.39 Å². The highest BCUT2D eigenvalue weighted by Gasteiger charge is 2.21. The standard InChI is InChI=1S/C16H16FN5O/c1-9-2-3-10(6-12(9)17)15-19-16(23-22-15)14-7-13(20-21-14)11-4-5-18-8-11/h2-3,6-7,11,18H,4-5,8H2,1H3,(H,20,21). The molecule has 1 aromatic carbocycles. The van der Waals surface area contributed by atoms with Crippen LogP contribution >= 0.6 is 0 Å². The summed E-state index contributed by atoms with van der Waals surface area (Å²) in [6.45, 7) is 3.67. The molecular formula is C16H16FN5O. The van der Waals surface area contributed by atoms with Crippen molar-refractivity contribution in [2.24, 2.45) is 0 Å². The number of benzene rings is 1. The Morgan fingerprint density at radius 1 is 1.30 bits per heavy atom. The summed E-state index contributed by atoms with van der Waals surface area (Å²) in [4.78, 5) is 4.32. The Morgan fingerprint density at radius 3 is 3.00 bits per heavy atom. The van der Waals surface area contributed by atoms with Crippen molar-refractivity contribution in [2.45, 2.75) is 19.3 Å². The number of nitrogens with zero attached hydrogens (tertiary/aromatic N) is 3. The summed E-state index contributed by atoms with van der Waals surface area (Å²) in [6, 6.07) is 6.81. The number of hydrogen-bond donors (Lipinski definition) is 2. The van der Waals surface area contributed by atoms with Gasteiger partial charge in [0, 0.05) is 23.7 Å². The summed E-state index contributed by atoms with van der Waals surface area (Å²) < 4.78 is 18.9.